The number of likely N-dealkylation sites (tertiary alicyclic amines) is 1. The van der Waals surface area contributed by atoms with Crippen LogP contribution >= 0.6 is 12.4 Å². The number of carbonyl (C=O) groups is 1. The number of nitrogens with zero attached hydrogens (tertiary/aromatic N) is 2. The van der Waals surface area contributed by atoms with Gasteiger partial charge in [-0.1, -0.05) is 35.5 Å². The largest absolute Gasteiger partial charge is 0.481 e. The fourth-order valence-electron chi connectivity index (χ4n) is 3.07. The average molecular weight is 378 g/mol. The quantitative estimate of drug-likeness (QED) is 0.441. The van der Waals surface area contributed by atoms with Crippen LogP contribution in [0.15, 0.2) is 53.8 Å². The summed E-state index contributed by atoms with van der Waals surface area (Å²) in [5.41, 5.74) is 2.64. The molecule has 6 nitrogen and oxygen atoms in total. The van der Waals surface area contributed by atoms with Crippen molar-refractivity contribution in [3.8, 4) is 0 Å². The molecule has 0 amide bonds. The smallest absolute Gasteiger partial charge is 0.307 e. The first-order valence-corrected chi connectivity index (χ1v) is 8.58. The number of oxime groups is 1. The van der Waals surface area contributed by atoms with Crippen LogP contribution in [0.2, 0.25) is 0 Å². The number of carboxylic acid groups (broad SMARTS) is 1. The normalized spacial score (nSPS) is 18.2. The summed E-state index contributed by atoms with van der Waals surface area (Å²) in [5, 5.41) is 13.5. The van der Waals surface area contributed by atoms with Gasteiger partial charge < -0.3 is 14.9 Å². The lowest BCUT2D eigenvalue weighted by Crippen LogP contribution is -2.40. The second kappa shape index (κ2) is 9.99. The van der Waals surface area contributed by atoms with Crippen LogP contribution in [0.1, 0.15) is 24.1 Å². The van der Waals surface area contributed by atoms with E-state index in [1.807, 2.05) is 48.7 Å². The van der Waals surface area contributed by atoms with E-state index in [-0.39, 0.29) is 18.3 Å². The Labute approximate surface area is 159 Å². The molecule has 1 saturated heterocycles. The van der Waals surface area contributed by atoms with Gasteiger partial charge in [-0.2, -0.15) is 0 Å². The molecule has 2 heterocycles. The Kier molecular flexibility index (Phi) is 7.69. The number of hydrogen-bond donors (Lipinski definition) is 2. The van der Waals surface area contributed by atoms with E-state index in [1.165, 1.54) is 0 Å². The Morgan fingerprint density at radius 1 is 1.27 bits per heavy atom. The number of aromatic nitrogens is 1. The van der Waals surface area contributed by atoms with Gasteiger partial charge in [-0.3, -0.25) is 9.69 Å². The van der Waals surface area contributed by atoms with Gasteiger partial charge in [-0.25, -0.2) is 0 Å². The molecule has 0 aliphatic carbocycles. The maximum Gasteiger partial charge on any atom is 0.307 e. The van der Waals surface area contributed by atoms with E-state index >= 15 is 0 Å². The van der Waals surface area contributed by atoms with Crippen molar-refractivity contribution >= 4 is 24.1 Å². The van der Waals surface area contributed by atoms with Crippen LogP contribution in [0, 0.1) is 5.92 Å². The molecule has 0 radical (unpaired) electrons. The predicted molar refractivity (Wildman–Crippen MR) is 103 cm³/mol. The van der Waals surface area contributed by atoms with Gasteiger partial charge in [0.15, 0.2) is 0 Å². The number of aromatic amines is 1. The first-order valence-electron chi connectivity index (χ1n) is 8.58. The van der Waals surface area contributed by atoms with Gasteiger partial charge in [0.2, 0.25) is 0 Å². The third-order valence-corrected chi connectivity index (χ3v) is 4.41. The van der Waals surface area contributed by atoms with Crippen molar-refractivity contribution < 1.29 is 14.7 Å². The highest BCUT2D eigenvalue weighted by Gasteiger charge is 2.24. The molecule has 3 rings (SSSR count). The highest BCUT2D eigenvalue weighted by atomic mass is 35.5. The minimum Gasteiger partial charge on any atom is -0.481 e. The van der Waals surface area contributed by atoms with Gasteiger partial charge in [0, 0.05) is 24.8 Å². The summed E-state index contributed by atoms with van der Waals surface area (Å²) in [6.07, 6.45) is 3.53. The second-order valence-corrected chi connectivity index (χ2v) is 6.20. The lowest BCUT2D eigenvalue weighted by atomic mass is 9.98. The van der Waals surface area contributed by atoms with Gasteiger partial charge >= 0.3 is 5.97 Å². The van der Waals surface area contributed by atoms with E-state index in [0.717, 1.165) is 36.4 Å². The van der Waals surface area contributed by atoms with Crippen LogP contribution in [-0.4, -0.2) is 52.9 Å². The minimum absolute atomic E-state index is 0. The molecule has 1 aromatic carbocycles. The number of benzene rings is 1. The molecule has 140 valence electrons. The highest BCUT2D eigenvalue weighted by molar-refractivity contribution is 6.11. The lowest BCUT2D eigenvalue weighted by molar-refractivity contribution is -0.143. The summed E-state index contributed by atoms with van der Waals surface area (Å²) < 4.78 is 0. The molecular weight excluding hydrogens is 354 g/mol. The first-order chi connectivity index (χ1) is 12.2. The summed E-state index contributed by atoms with van der Waals surface area (Å²) in [6.45, 7) is 2.62. The lowest BCUT2D eigenvalue weighted by Gasteiger charge is -2.29. The molecule has 2 N–H and O–H groups in total. The minimum atomic E-state index is -0.707. The monoisotopic (exact) mass is 377 g/mol. The van der Waals surface area contributed by atoms with Crippen molar-refractivity contribution in [3.05, 3.63) is 59.9 Å². The predicted octanol–water partition coefficient (Wildman–Crippen LogP) is 3.00. The molecule has 1 fully saturated rings. The fourth-order valence-corrected chi connectivity index (χ4v) is 3.07. The van der Waals surface area contributed by atoms with Gasteiger partial charge in [0.1, 0.15) is 12.3 Å². The zero-order chi connectivity index (χ0) is 17.5. The molecule has 1 unspecified atom stereocenters. The maximum absolute atomic E-state index is 11.1. The number of hydrogen-bond acceptors (Lipinski definition) is 4. The van der Waals surface area contributed by atoms with Crippen LogP contribution in [0.4, 0.5) is 0 Å². The number of halogens is 1. The van der Waals surface area contributed by atoms with Crippen molar-refractivity contribution in [1.82, 2.24) is 9.88 Å². The number of aliphatic carboxylic acids is 1. The van der Waals surface area contributed by atoms with Gasteiger partial charge in [-0.05, 0) is 31.5 Å². The van der Waals surface area contributed by atoms with Gasteiger partial charge in [-0.15, -0.1) is 12.4 Å². The molecule has 7 heteroatoms. The van der Waals surface area contributed by atoms with E-state index in [9.17, 15) is 4.79 Å². The summed E-state index contributed by atoms with van der Waals surface area (Å²) in [4.78, 5) is 22.0. The number of piperidine rings is 1. The number of rotatable bonds is 7. The molecule has 1 aliphatic heterocycles. The van der Waals surface area contributed by atoms with Crippen molar-refractivity contribution in [2.24, 2.45) is 11.1 Å². The van der Waals surface area contributed by atoms with Crippen LogP contribution < -0.4 is 0 Å². The van der Waals surface area contributed by atoms with Crippen molar-refractivity contribution in [1.29, 1.82) is 0 Å². The zero-order valence-electron chi connectivity index (χ0n) is 14.5. The Morgan fingerprint density at radius 3 is 2.77 bits per heavy atom. The summed E-state index contributed by atoms with van der Waals surface area (Å²) in [5.74, 6) is -0.974. The summed E-state index contributed by atoms with van der Waals surface area (Å²) in [7, 11) is 0. The van der Waals surface area contributed by atoms with Crippen LogP contribution in [0.25, 0.3) is 0 Å². The summed E-state index contributed by atoms with van der Waals surface area (Å²) >= 11 is 0. The van der Waals surface area contributed by atoms with E-state index < -0.39 is 5.97 Å². The Bertz CT molecular complexity index is 704. The Morgan fingerprint density at radius 2 is 2.08 bits per heavy atom. The molecule has 26 heavy (non-hydrogen) atoms. The number of nitrogens with one attached hydrogen (secondary N) is 1. The first kappa shape index (κ1) is 20.0. The topological polar surface area (TPSA) is 77.9 Å². The molecule has 1 aromatic heterocycles. The molecule has 1 aliphatic rings. The standard InChI is InChI=1S/C19H23N3O3.ClH/c23-19(24)16-8-5-11-22(14-16)12-13-25-21-18(17-9-4-10-20-17)15-6-2-1-3-7-15;/h1-4,6-7,9-10,16,20H,5,8,11-14H2,(H,23,24);1H/b21-18+;. The van der Waals surface area contributed by atoms with Crippen LogP contribution in [0.5, 0.6) is 0 Å². The van der Waals surface area contributed by atoms with Gasteiger partial charge in [0.05, 0.1) is 11.6 Å². The van der Waals surface area contributed by atoms with E-state index in [2.05, 4.69) is 15.0 Å². The van der Waals surface area contributed by atoms with Crippen molar-refractivity contribution in [3.63, 3.8) is 0 Å². The molecule has 2 aromatic rings. The molecule has 0 spiro atoms. The number of carboxylic acids is 1. The van der Waals surface area contributed by atoms with Crippen molar-refractivity contribution in [2.75, 3.05) is 26.2 Å². The molecular formula is C19H24ClN3O3. The van der Waals surface area contributed by atoms with Gasteiger partial charge in [0.25, 0.3) is 0 Å². The Hall–Kier alpha value is -2.31. The fraction of sp³-hybridized carbons (Fsp3) is 0.368. The maximum atomic E-state index is 11.1. The van der Waals surface area contributed by atoms with E-state index in [4.69, 9.17) is 9.94 Å². The van der Waals surface area contributed by atoms with Crippen molar-refractivity contribution in [2.45, 2.75) is 12.8 Å². The van der Waals surface area contributed by atoms with E-state index in [0.29, 0.717) is 19.7 Å². The third kappa shape index (κ3) is 5.34. The second-order valence-electron chi connectivity index (χ2n) is 6.20. The van der Waals surface area contributed by atoms with Crippen LogP contribution in [0.3, 0.4) is 0 Å². The molecule has 1 atom stereocenters. The third-order valence-electron chi connectivity index (χ3n) is 4.41. The SMILES string of the molecule is Cl.O=C(O)C1CCCN(CCO/N=C(\c2ccccc2)c2ccc[nH]2)C1. The zero-order valence-corrected chi connectivity index (χ0v) is 15.3. The van der Waals surface area contributed by atoms with Crippen LogP contribution in [-0.2, 0) is 9.63 Å². The number of H-pyrrole nitrogens is 1. The average Bonchev–Trinajstić information content (AvgIpc) is 3.17. The molecule has 0 bridgehead atoms. The van der Waals surface area contributed by atoms with E-state index in [1.54, 1.807) is 0 Å². The highest BCUT2D eigenvalue weighted by Crippen LogP contribution is 2.16. The molecule has 0 saturated carbocycles. The summed E-state index contributed by atoms with van der Waals surface area (Å²) in [6, 6.07) is 13.8. The Balaban J connectivity index is 0.00000243.